The molecular formula is C10H14Cl2N2. The summed E-state index contributed by atoms with van der Waals surface area (Å²) in [6, 6.07) is 5.47. The van der Waals surface area contributed by atoms with Gasteiger partial charge in [0.15, 0.2) is 0 Å². The fourth-order valence-corrected chi connectivity index (χ4v) is 1.55. The maximum absolute atomic E-state index is 5.97. The molecule has 0 fully saturated rings. The Morgan fingerprint density at radius 3 is 2.43 bits per heavy atom. The zero-order chi connectivity index (χ0) is 10.7. The molecule has 0 saturated heterocycles. The topological polar surface area (TPSA) is 29.3 Å². The lowest BCUT2D eigenvalue weighted by atomic mass is 10.1. The van der Waals surface area contributed by atoms with E-state index in [0.717, 1.165) is 12.1 Å². The molecule has 78 valence electrons. The SMILES string of the molecule is CN(C)C[C@@H](N)c1ccc(Cl)c(Cl)c1. The predicted octanol–water partition coefficient (Wildman–Crippen LogP) is 2.55. The van der Waals surface area contributed by atoms with E-state index in [1.54, 1.807) is 6.07 Å². The van der Waals surface area contributed by atoms with Gasteiger partial charge < -0.3 is 10.6 Å². The molecule has 0 amide bonds. The molecule has 2 nitrogen and oxygen atoms in total. The standard InChI is InChI=1S/C10H14Cl2N2/c1-14(2)6-10(13)7-3-4-8(11)9(12)5-7/h3-5,10H,6,13H2,1-2H3/t10-/m1/s1. The quantitative estimate of drug-likeness (QED) is 0.869. The van der Waals surface area contributed by atoms with Gasteiger partial charge in [-0.3, -0.25) is 0 Å². The molecular weight excluding hydrogens is 219 g/mol. The van der Waals surface area contributed by atoms with Crippen LogP contribution in [0.1, 0.15) is 11.6 Å². The summed E-state index contributed by atoms with van der Waals surface area (Å²) < 4.78 is 0. The lowest BCUT2D eigenvalue weighted by Crippen LogP contribution is -2.25. The van der Waals surface area contributed by atoms with Crippen LogP contribution in [-0.4, -0.2) is 25.5 Å². The van der Waals surface area contributed by atoms with Gasteiger partial charge in [0.25, 0.3) is 0 Å². The van der Waals surface area contributed by atoms with Gasteiger partial charge in [-0.1, -0.05) is 29.3 Å². The first-order valence-electron chi connectivity index (χ1n) is 4.36. The fourth-order valence-electron chi connectivity index (χ4n) is 1.24. The Bertz CT molecular complexity index is 313. The molecule has 0 aliphatic rings. The molecule has 0 unspecified atom stereocenters. The van der Waals surface area contributed by atoms with E-state index < -0.39 is 0 Å². The molecule has 1 rings (SSSR count). The zero-order valence-electron chi connectivity index (χ0n) is 8.30. The molecule has 0 bridgehead atoms. The van der Waals surface area contributed by atoms with Crippen molar-refractivity contribution in [2.45, 2.75) is 6.04 Å². The summed E-state index contributed by atoms with van der Waals surface area (Å²) in [7, 11) is 3.97. The first-order valence-corrected chi connectivity index (χ1v) is 5.11. The fraction of sp³-hybridized carbons (Fsp3) is 0.400. The molecule has 2 N–H and O–H groups in total. The van der Waals surface area contributed by atoms with Crippen molar-refractivity contribution in [3.8, 4) is 0 Å². The van der Waals surface area contributed by atoms with E-state index in [0.29, 0.717) is 10.0 Å². The maximum atomic E-state index is 5.97. The third kappa shape index (κ3) is 3.14. The van der Waals surface area contributed by atoms with Crippen LogP contribution in [0.5, 0.6) is 0 Å². The van der Waals surface area contributed by atoms with Gasteiger partial charge in [-0.15, -0.1) is 0 Å². The highest BCUT2D eigenvalue weighted by Crippen LogP contribution is 2.24. The zero-order valence-corrected chi connectivity index (χ0v) is 9.81. The number of benzene rings is 1. The molecule has 0 saturated carbocycles. The first-order chi connectivity index (χ1) is 6.50. The van der Waals surface area contributed by atoms with Crippen LogP contribution in [0.2, 0.25) is 10.0 Å². The number of rotatable bonds is 3. The van der Waals surface area contributed by atoms with Crippen LogP contribution in [0.15, 0.2) is 18.2 Å². The minimum atomic E-state index is -0.0280. The Balaban J connectivity index is 2.80. The molecule has 0 heterocycles. The lowest BCUT2D eigenvalue weighted by molar-refractivity contribution is 0.376. The Labute approximate surface area is 94.6 Å². The normalized spacial score (nSPS) is 13.3. The monoisotopic (exact) mass is 232 g/mol. The van der Waals surface area contributed by atoms with Crippen molar-refractivity contribution in [3.05, 3.63) is 33.8 Å². The van der Waals surface area contributed by atoms with Gasteiger partial charge >= 0.3 is 0 Å². The van der Waals surface area contributed by atoms with Gasteiger partial charge in [0.2, 0.25) is 0 Å². The molecule has 1 aromatic carbocycles. The Morgan fingerprint density at radius 1 is 1.29 bits per heavy atom. The van der Waals surface area contributed by atoms with E-state index in [4.69, 9.17) is 28.9 Å². The number of hydrogen-bond acceptors (Lipinski definition) is 2. The van der Waals surface area contributed by atoms with Crippen molar-refractivity contribution in [1.82, 2.24) is 4.90 Å². The maximum Gasteiger partial charge on any atom is 0.0595 e. The summed E-state index contributed by atoms with van der Waals surface area (Å²) in [6.07, 6.45) is 0. The van der Waals surface area contributed by atoms with Crippen LogP contribution < -0.4 is 5.73 Å². The van der Waals surface area contributed by atoms with E-state index in [1.165, 1.54) is 0 Å². The number of likely N-dealkylation sites (N-methyl/N-ethyl adjacent to an activating group) is 1. The van der Waals surface area contributed by atoms with Crippen LogP contribution in [0.4, 0.5) is 0 Å². The van der Waals surface area contributed by atoms with Crippen molar-refractivity contribution < 1.29 is 0 Å². The highest BCUT2D eigenvalue weighted by Gasteiger charge is 2.08. The number of nitrogens with zero attached hydrogens (tertiary/aromatic N) is 1. The van der Waals surface area contributed by atoms with E-state index in [9.17, 15) is 0 Å². The second-order valence-corrected chi connectivity index (χ2v) is 4.36. The second-order valence-electron chi connectivity index (χ2n) is 3.54. The highest BCUT2D eigenvalue weighted by atomic mass is 35.5. The second kappa shape index (κ2) is 4.99. The van der Waals surface area contributed by atoms with Crippen LogP contribution in [0.25, 0.3) is 0 Å². The Hall–Kier alpha value is -0.280. The van der Waals surface area contributed by atoms with Crippen LogP contribution >= 0.6 is 23.2 Å². The van der Waals surface area contributed by atoms with E-state index in [1.807, 2.05) is 31.1 Å². The summed E-state index contributed by atoms with van der Waals surface area (Å²) in [5.74, 6) is 0. The lowest BCUT2D eigenvalue weighted by Gasteiger charge is -2.17. The van der Waals surface area contributed by atoms with E-state index >= 15 is 0 Å². The van der Waals surface area contributed by atoms with Crippen molar-refractivity contribution in [2.75, 3.05) is 20.6 Å². The van der Waals surface area contributed by atoms with Gasteiger partial charge in [-0.2, -0.15) is 0 Å². The van der Waals surface area contributed by atoms with Crippen LogP contribution in [0, 0.1) is 0 Å². The largest absolute Gasteiger partial charge is 0.323 e. The van der Waals surface area contributed by atoms with Crippen LogP contribution in [-0.2, 0) is 0 Å². The average molecular weight is 233 g/mol. The summed E-state index contributed by atoms with van der Waals surface area (Å²) in [6.45, 7) is 0.790. The van der Waals surface area contributed by atoms with Gasteiger partial charge in [0.05, 0.1) is 10.0 Å². The molecule has 1 atom stereocenters. The van der Waals surface area contributed by atoms with Gasteiger partial charge in [-0.05, 0) is 31.8 Å². The summed E-state index contributed by atoms with van der Waals surface area (Å²) >= 11 is 11.7. The summed E-state index contributed by atoms with van der Waals surface area (Å²) in [5, 5.41) is 1.12. The van der Waals surface area contributed by atoms with Crippen molar-refractivity contribution in [2.24, 2.45) is 5.73 Å². The van der Waals surface area contributed by atoms with E-state index in [2.05, 4.69) is 0 Å². The third-order valence-electron chi connectivity index (χ3n) is 1.93. The van der Waals surface area contributed by atoms with Crippen molar-refractivity contribution >= 4 is 23.2 Å². The highest BCUT2D eigenvalue weighted by molar-refractivity contribution is 6.42. The Kier molecular flexibility index (Phi) is 4.20. The number of nitrogens with two attached hydrogens (primary N) is 1. The van der Waals surface area contributed by atoms with Crippen LogP contribution in [0.3, 0.4) is 0 Å². The molecule has 1 aromatic rings. The molecule has 0 spiro atoms. The minimum Gasteiger partial charge on any atom is -0.323 e. The van der Waals surface area contributed by atoms with Gasteiger partial charge in [-0.25, -0.2) is 0 Å². The first kappa shape index (κ1) is 11.8. The Morgan fingerprint density at radius 2 is 1.93 bits per heavy atom. The van der Waals surface area contributed by atoms with Crippen molar-refractivity contribution in [1.29, 1.82) is 0 Å². The van der Waals surface area contributed by atoms with Gasteiger partial charge in [0, 0.05) is 12.6 Å². The molecule has 0 aromatic heterocycles. The third-order valence-corrected chi connectivity index (χ3v) is 2.67. The average Bonchev–Trinajstić information content (AvgIpc) is 2.08. The smallest absolute Gasteiger partial charge is 0.0595 e. The van der Waals surface area contributed by atoms with Crippen molar-refractivity contribution in [3.63, 3.8) is 0 Å². The van der Waals surface area contributed by atoms with E-state index in [-0.39, 0.29) is 6.04 Å². The molecule has 14 heavy (non-hydrogen) atoms. The molecule has 0 aliphatic heterocycles. The predicted molar refractivity (Wildman–Crippen MR) is 61.9 cm³/mol. The number of halogens is 2. The molecule has 4 heteroatoms. The summed E-state index contributed by atoms with van der Waals surface area (Å²) in [4.78, 5) is 2.03. The molecule has 0 radical (unpaired) electrons. The summed E-state index contributed by atoms with van der Waals surface area (Å²) in [5.41, 5.74) is 6.98. The van der Waals surface area contributed by atoms with Gasteiger partial charge in [0.1, 0.15) is 0 Å². The molecule has 0 aliphatic carbocycles. The minimum absolute atomic E-state index is 0.0280. The number of hydrogen-bond donors (Lipinski definition) is 1.